The molecule has 1 N–H and O–H groups in total. The van der Waals surface area contributed by atoms with Crippen molar-refractivity contribution in [3.63, 3.8) is 0 Å². The van der Waals surface area contributed by atoms with Crippen LogP contribution in [0.4, 0.5) is 0 Å². The van der Waals surface area contributed by atoms with Gasteiger partial charge in [0.2, 0.25) is 11.8 Å². The third kappa shape index (κ3) is 0.964. The molecule has 1 unspecified atom stereocenters. The summed E-state index contributed by atoms with van der Waals surface area (Å²) in [5.74, 6) is -0.116. The average Bonchev–Trinajstić information content (AvgIpc) is 1.93. The molecule has 2 amide bonds. The van der Waals surface area contributed by atoms with Gasteiger partial charge >= 0.3 is 0 Å². The van der Waals surface area contributed by atoms with E-state index in [-0.39, 0.29) is 24.4 Å². The van der Waals surface area contributed by atoms with Crippen LogP contribution >= 0.6 is 0 Å². The van der Waals surface area contributed by atoms with Crippen molar-refractivity contribution in [3.05, 3.63) is 0 Å². The van der Waals surface area contributed by atoms with E-state index in [0.717, 1.165) is 0 Å². The SMILES string of the molecule is CC1C(=O)NCC(=O)N1C. The van der Waals surface area contributed by atoms with Gasteiger partial charge in [0.1, 0.15) is 6.04 Å². The van der Waals surface area contributed by atoms with Gasteiger partial charge in [-0.15, -0.1) is 0 Å². The topological polar surface area (TPSA) is 49.4 Å². The highest BCUT2D eigenvalue weighted by molar-refractivity contribution is 5.94. The van der Waals surface area contributed by atoms with E-state index in [1.165, 1.54) is 4.90 Å². The molecule has 4 nitrogen and oxygen atoms in total. The Labute approximate surface area is 59.2 Å². The van der Waals surface area contributed by atoms with Crippen molar-refractivity contribution in [2.75, 3.05) is 13.6 Å². The van der Waals surface area contributed by atoms with Crippen LogP contribution in [-0.2, 0) is 9.59 Å². The monoisotopic (exact) mass is 142 g/mol. The molecule has 0 bridgehead atoms. The van der Waals surface area contributed by atoms with Gasteiger partial charge in [-0.3, -0.25) is 9.59 Å². The number of nitrogens with zero attached hydrogens (tertiary/aromatic N) is 1. The zero-order chi connectivity index (χ0) is 7.72. The smallest absolute Gasteiger partial charge is 0.242 e. The van der Waals surface area contributed by atoms with Crippen molar-refractivity contribution in [3.8, 4) is 0 Å². The van der Waals surface area contributed by atoms with Gasteiger partial charge in [0, 0.05) is 7.05 Å². The summed E-state index contributed by atoms with van der Waals surface area (Å²) in [6, 6.07) is -0.318. The maximum absolute atomic E-state index is 10.9. The first kappa shape index (κ1) is 7.05. The lowest BCUT2D eigenvalue weighted by atomic mass is 10.2. The quantitative estimate of drug-likeness (QED) is 0.470. The summed E-state index contributed by atoms with van der Waals surface area (Å²) >= 11 is 0. The van der Waals surface area contributed by atoms with Crippen LogP contribution in [0.5, 0.6) is 0 Å². The Balaban J connectivity index is 2.69. The second-order valence-electron chi connectivity index (χ2n) is 2.40. The van der Waals surface area contributed by atoms with Crippen LogP contribution in [0.25, 0.3) is 0 Å². The molecule has 0 radical (unpaired) electrons. The molecule has 0 aromatic heterocycles. The van der Waals surface area contributed by atoms with E-state index in [1.807, 2.05) is 0 Å². The molecule has 1 aliphatic heterocycles. The third-order valence-corrected chi connectivity index (χ3v) is 1.77. The van der Waals surface area contributed by atoms with Crippen LogP contribution in [0.15, 0.2) is 0 Å². The molecule has 1 aliphatic rings. The molecule has 0 saturated carbocycles. The molecule has 1 fully saturated rings. The molecule has 0 aromatic rings. The molecule has 1 rings (SSSR count). The maximum Gasteiger partial charge on any atom is 0.242 e. The lowest BCUT2D eigenvalue weighted by Crippen LogP contribution is -2.55. The van der Waals surface area contributed by atoms with Crippen molar-refractivity contribution in [1.82, 2.24) is 10.2 Å². The standard InChI is InChI=1S/C6H10N2O2/c1-4-6(10)7-3-5(9)8(4)2/h4H,3H2,1-2H3,(H,7,10). The van der Waals surface area contributed by atoms with E-state index >= 15 is 0 Å². The van der Waals surface area contributed by atoms with Gasteiger partial charge in [-0.1, -0.05) is 0 Å². The minimum Gasteiger partial charge on any atom is -0.345 e. The Morgan fingerprint density at radius 2 is 2.20 bits per heavy atom. The largest absolute Gasteiger partial charge is 0.345 e. The van der Waals surface area contributed by atoms with Gasteiger partial charge in [-0.2, -0.15) is 0 Å². The average molecular weight is 142 g/mol. The summed E-state index contributed by atoms with van der Waals surface area (Å²) < 4.78 is 0. The lowest BCUT2D eigenvalue weighted by Gasteiger charge is -2.28. The normalized spacial score (nSPS) is 26.6. The van der Waals surface area contributed by atoms with E-state index in [4.69, 9.17) is 0 Å². The molecule has 0 aliphatic carbocycles. The predicted octanol–water partition coefficient (Wildman–Crippen LogP) is -1.04. The highest BCUT2D eigenvalue weighted by atomic mass is 16.2. The Morgan fingerprint density at radius 3 is 2.70 bits per heavy atom. The number of hydrogen-bond acceptors (Lipinski definition) is 2. The van der Waals surface area contributed by atoms with Gasteiger partial charge in [0.15, 0.2) is 0 Å². The van der Waals surface area contributed by atoms with Crippen LogP contribution in [0.3, 0.4) is 0 Å². The Hall–Kier alpha value is -1.06. The highest BCUT2D eigenvalue weighted by Gasteiger charge is 2.27. The number of carbonyl (C=O) groups is 2. The third-order valence-electron chi connectivity index (χ3n) is 1.77. The van der Waals surface area contributed by atoms with Crippen molar-refractivity contribution in [2.24, 2.45) is 0 Å². The minimum atomic E-state index is -0.318. The molecular weight excluding hydrogens is 132 g/mol. The van der Waals surface area contributed by atoms with Crippen molar-refractivity contribution < 1.29 is 9.59 Å². The summed E-state index contributed by atoms with van der Waals surface area (Å²) in [4.78, 5) is 23.1. The van der Waals surface area contributed by atoms with Gasteiger partial charge in [0.25, 0.3) is 0 Å². The first-order valence-electron chi connectivity index (χ1n) is 3.16. The molecule has 1 heterocycles. The van der Waals surface area contributed by atoms with Crippen LogP contribution < -0.4 is 5.32 Å². The molecule has 10 heavy (non-hydrogen) atoms. The summed E-state index contributed by atoms with van der Waals surface area (Å²) in [5, 5.41) is 2.48. The molecule has 0 spiro atoms. The summed E-state index contributed by atoms with van der Waals surface area (Å²) in [6.07, 6.45) is 0. The van der Waals surface area contributed by atoms with E-state index in [1.54, 1.807) is 14.0 Å². The second kappa shape index (κ2) is 2.28. The lowest BCUT2D eigenvalue weighted by molar-refractivity contribution is -0.143. The number of rotatable bonds is 0. The zero-order valence-electron chi connectivity index (χ0n) is 6.05. The van der Waals surface area contributed by atoms with Gasteiger partial charge in [0.05, 0.1) is 6.54 Å². The van der Waals surface area contributed by atoms with E-state index in [0.29, 0.717) is 0 Å². The number of piperazine rings is 1. The predicted molar refractivity (Wildman–Crippen MR) is 35.2 cm³/mol. The van der Waals surface area contributed by atoms with Crippen LogP contribution in [-0.4, -0.2) is 36.3 Å². The van der Waals surface area contributed by atoms with Crippen LogP contribution in [0.1, 0.15) is 6.92 Å². The number of likely N-dealkylation sites (N-methyl/N-ethyl adjacent to an activating group) is 1. The van der Waals surface area contributed by atoms with E-state index in [2.05, 4.69) is 5.32 Å². The summed E-state index contributed by atoms with van der Waals surface area (Å²) in [5.41, 5.74) is 0. The fraction of sp³-hybridized carbons (Fsp3) is 0.667. The Kier molecular flexibility index (Phi) is 1.61. The van der Waals surface area contributed by atoms with Gasteiger partial charge < -0.3 is 10.2 Å². The fourth-order valence-corrected chi connectivity index (χ4v) is 0.827. The van der Waals surface area contributed by atoms with Crippen molar-refractivity contribution in [1.29, 1.82) is 0 Å². The fourth-order valence-electron chi connectivity index (χ4n) is 0.827. The van der Waals surface area contributed by atoms with Crippen molar-refractivity contribution >= 4 is 11.8 Å². The molecule has 4 heteroatoms. The molecule has 0 aromatic carbocycles. The summed E-state index contributed by atoms with van der Waals surface area (Å²) in [6.45, 7) is 1.84. The first-order chi connectivity index (χ1) is 4.63. The Morgan fingerprint density at radius 1 is 1.60 bits per heavy atom. The minimum absolute atomic E-state index is 0.0351. The number of nitrogens with one attached hydrogen (secondary N) is 1. The molecule has 1 atom stereocenters. The molecule has 1 saturated heterocycles. The van der Waals surface area contributed by atoms with Gasteiger partial charge in [-0.25, -0.2) is 0 Å². The number of hydrogen-bond donors (Lipinski definition) is 1. The number of carbonyl (C=O) groups excluding carboxylic acids is 2. The molecule has 56 valence electrons. The van der Waals surface area contributed by atoms with Crippen LogP contribution in [0, 0.1) is 0 Å². The highest BCUT2D eigenvalue weighted by Crippen LogP contribution is 2.00. The first-order valence-corrected chi connectivity index (χ1v) is 3.16. The molecular formula is C6H10N2O2. The van der Waals surface area contributed by atoms with E-state index < -0.39 is 0 Å². The van der Waals surface area contributed by atoms with E-state index in [9.17, 15) is 9.59 Å². The maximum atomic E-state index is 10.9. The van der Waals surface area contributed by atoms with Crippen LogP contribution in [0.2, 0.25) is 0 Å². The van der Waals surface area contributed by atoms with Crippen molar-refractivity contribution in [2.45, 2.75) is 13.0 Å². The van der Waals surface area contributed by atoms with Gasteiger partial charge in [-0.05, 0) is 6.92 Å². The summed E-state index contributed by atoms with van der Waals surface area (Å²) in [7, 11) is 1.63. The number of amides is 2. The second-order valence-corrected chi connectivity index (χ2v) is 2.40. The Bertz CT molecular complexity index is 159. The zero-order valence-corrected chi connectivity index (χ0v) is 6.05.